The summed E-state index contributed by atoms with van der Waals surface area (Å²) in [6.45, 7) is 0.475. The molecule has 0 unspecified atom stereocenters. The Morgan fingerprint density at radius 2 is 2.53 bits per heavy atom. The first kappa shape index (κ1) is 11.3. The van der Waals surface area contributed by atoms with Crippen LogP contribution in [-0.4, -0.2) is 28.1 Å². The molecule has 0 spiro atoms. The van der Waals surface area contributed by atoms with Gasteiger partial charge < -0.3 is 19.6 Å². The lowest BCUT2D eigenvalue weighted by atomic mass is 10.4. The molecule has 0 saturated carbocycles. The van der Waals surface area contributed by atoms with Crippen molar-refractivity contribution in [3.05, 3.63) is 35.7 Å². The summed E-state index contributed by atoms with van der Waals surface area (Å²) in [7, 11) is 1.54. The molecule has 0 aliphatic rings. The lowest BCUT2D eigenvalue weighted by molar-refractivity contribution is 0.0942. The summed E-state index contributed by atoms with van der Waals surface area (Å²) in [5, 5.41) is 6.33. The van der Waals surface area contributed by atoms with E-state index in [4.69, 9.17) is 9.26 Å². The van der Waals surface area contributed by atoms with Crippen LogP contribution in [0.3, 0.4) is 0 Å². The zero-order valence-electron chi connectivity index (χ0n) is 9.27. The first-order valence-electron chi connectivity index (χ1n) is 5.01. The molecule has 0 saturated heterocycles. The Labute approximate surface area is 97.2 Å². The summed E-state index contributed by atoms with van der Waals surface area (Å²) < 4.78 is 9.77. The molecule has 2 aromatic heterocycles. The molecule has 7 heteroatoms. The average Bonchev–Trinajstić information content (AvgIpc) is 2.97. The number of hydrogen-bond donors (Lipinski definition) is 2. The maximum atomic E-state index is 11.6. The van der Waals surface area contributed by atoms with Crippen LogP contribution in [0.1, 0.15) is 22.2 Å². The van der Waals surface area contributed by atoms with Crippen molar-refractivity contribution in [2.45, 2.75) is 13.2 Å². The summed E-state index contributed by atoms with van der Waals surface area (Å²) in [5.74, 6) is 0.579. The number of nitrogens with zero attached hydrogens (tertiary/aromatic N) is 2. The van der Waals surface area contributed by atoms with Crippen LogP contribution in [0.2, 0.25) is 0 Å². The predicted octanol–water partition coefficient (Wildman–Crippen LogP) is 0.474. The lowest BCUT2D eigenvalue weighted by Crippen LogP contribution is -2.23. The highest BCUT2D eigenvalue weighted by Crippen LogP contribution is 1.99. The van der Waals surface area contributed by atoms with Gasteiger partial charge in [0, 0.05) is 13.3 Å². The van der Waals surface area contributed by atoms with Crippen LogP contribution in [0, 0.1) is 0 Å². The maximum absolute atomic E-state index is 11.6. The van der Waals surface area contributed by atoms with Crippen LogP contribution in [0.4, 0.5) is 0 Å². The third-order valence-electron chi connectivity index (χ3n) is 2.03. The quantitative estimate of drug-likeness (QED) is 0.787. The number of ether oxygens (including phenoxy) is 1. The van der Waals surface area contributed by atoms with Crippen molar-refractivity contribution in [2.24, 2.45) is 0 Å². The molecule has 0 radical (unpaired) electrons. The molecule has 0 aliphatic carbocycles. The average molecular weight is 236 g/mol. The van der Waals surface area contributed by atoms with E-state index in [1.807, 2.05) is 0 Å². The standard InChI is InChI=1S/C10H12N4O3/c1-16-6-8-13-9(17-14-8)5-12-10(15)7-3-2-4-11-7/h2-4,11H,5-6H2,1H3,(H,12,15). The predicted molar refractivity (Wildman–Crippen MR) is 57.0 cm³/mol. The lowest BCUT2D eigenvalue weighted by Gasteiger charge is -1.98. The molecular formula is C10H12N4O3. The Kier molecular flexibility index (Phi) is 3.51. The zero-order valence-corrected chi connectivity index (χ0v) is 9.27. The molecule has 2 heterocycles. The van der Waals surface area contributed by atoms with Crippen LogP contribution >= 0.6 is 0 Å². The second kappa shape index (κ2) is 5.26. The molecule has 7 nitrogen and oxygen atoms in total. The van der Waals surface area contributed by atoms with E-state index < -0.39 is 0 Å². The maximum Gasteiger partial charge on any atom is 0.268 e. The molecule has 17 heavy (non-hydrogen) atoms. The van der Waals surface area contributed by atoms with Gasteiger partial charge in [0.2, 0.25) is 5.89 Å². The van der Waals surface area contributed by atoms with Gasteiger partial charge in [-0.05, 0) is 12.1 Å². The smallest absolute Gasteiger partial charge is 0.268 e. The number of hydrogen-bond acceptors (Lipinski definition) is 5. The summed E-state index contributed by atoms with van der Waals surface area (Å²) in [5.41, 5.74) is 0.488. The number of carbonyl (C=O) groups excluding carboxylic acids is 1. The van der Waals surface area contributed by atoms with E-state index >= 15 is 0 Å². The number of H-pyrrole nitrogens is 1. The van der Waals surface area contributed by atoms with E-state index in [-0.39, 0.29) is 19.1 Å². The summed E-state index contributed by atoms with van der Waals surface area (Å²) in [6, 6.07) is 3.43. The molecule has 2 aromatic rings. The molecule has 1 amide bonds. The zero-order chi connectivity index (χ0) is 12.1. The van der Waals surface area contributed by atoms with Gasteiger partial charge in [-0.3, -0.25) is 4.79 Å². The number of carbonyl (C=O) groups is 1. The largest absolute Gasteiger partial charge is 0.377 e. The molecule has 2 N–H and O–H groups in total. The normalized spacial score (nSPS) is 10.4. The van der Waals surface area contributed by atoms with Gasteiger partial charge in [-0.25, -0.2) is 0 Å². The number of nitrogens with one attached hydrogen (secondary N) is 2. The van der Waals surface area contributed by atoms with E-state index in [1.54, 1.807) is 25.4 Å². The van der Waals surface area contributed by atoms with Crippen molar-refractivity contribution in [1.82, 2.24) is 20.4 Å². The molecule has 0 bridgehead atoms. The van der Waals surface area contributed by atoms with Gasteiger partial charge in [-0.2, -0.15) is 4.98 Å². The number of rotatable bonds is 5. The number of methoxy groups -OCH3 is 1. The molecular weight excluding hydrogens is 224 g/mol. The highest BCUT2D eigenvalue weighted by Gasteiger charge is 2.09. The highest BCUT2D eigenvalue weighted by atomic mass is 16.5. The second-order valence-electron chi connectivity index (χ2n) is 3.30. The highest BCUT2D eigenvalue weighted by molar-refractivity contribution is 5.92. The summed E-state index contributed by atoms with van der Waals surface area (Å²) in [4.78, 5) is 18.4. The molecule has 2 rings (SSSR count). The van der Waals surface area contributed by atoms with Gasteiger partial charge in [-0.1, -0.05) is 5.16 Å². The van der Waals surface area contributed by atoms with Crippen LogP contribution in [0.5, 0.6) is 0 Å². The van der Waals surface area contributed by atoms with Crippen LogP contribution in [-0.2, 0) is 17.9 Å². The van der Waals surface area contributed by atoms with Crippen molar-refractivity contribution < 1.29 is 14.1 Å². The van der Waals surface area contributed by atoms with Gasteiger partial charge >= 0.3 is 0 Å². The monoisotopic (exact) mass is 236 g/mol. The molecule has 0 aromatic carbocycles. The number of amides is 1. The summed E-state index contributed by atoms with van der Waals surface area (Å²) in [6.07, 6.45) is 1.68. The van der Waals surface area contributed by atoms with Crippen molar-refractivity contribution in [3.63, 3.8) is 0 Å². The van der Waals surface area contributed by atoms with Crippen molar-refractivity contribution in [2.75, 3.05) is 7.11 Å². The van der Waals surface area contributed by atoms with Gasteiger partial charge in [0.1, 0.15) is 12.3 Å². The van der Waals surface area contributed by atoms with Crippen LogP contribution < -0.4 is 5.32 Å². The minimum absolute atomic E-state index is 0.189. The summed E-state index contributed by atoms with van der Waals surface area (Å²) >= 11 is 0. The molecule has 0 fully saturated rings. The van der Waals surface area contributed by atoms with Crippen molar-refractivity contribution >= 4 is 5.91 Å². The first-order valence-corrected chi connectivity index (χ1v) is 5.01. The van der Waals surface area contributed by atoms with Gasteiger partial charge in [-0.15, -0.1) is 0 Å². The first-order chi connectivity index (χ1) is 8.29. The Bertz CT molecular complexity index is 477. The second-order valence-corrected chi connectivity index (χ2v) is 3.30. The van der Waals surface area contributed by atoms with E-state index in [9.17, 15) is 4.79 Å². The Morgan fingerprint density at radius 1 is 1.65 bits per heavy atom. The van der Waals surface area contributed by atoms with Crippen LogP contribution in [0.15, 0.2) is 22.9 Å². The van der Waals surface area contributed by atoms with Crippen LogP contribution in [0.25, 0.3) is 0 Å². The minimum atomic E-state index is -0.221. The Hall–Kier alpha value is -2.15. The van der Waals surface area contributed by atoms with Gasteiger partial charge in [0.15, 0.2) is 5.82 Å². The Balaban J connectivity index is 1.87. The number of aromatic amines is 1. The van der Waals surface area contributed by atoms with E-state index in [2.05, 4.69) is 20.4 Å². The van der Waals surface area contributed by atoms with Crippen molar-refractivity contribution in [1.29, 1.82) is 0 Å². The van der Waals surface area contributed by atoms with E-state index in [0.29, 0.717) is 17.4 Å². The fraction of sp³-hybridized carbons (Fsp3) is 0.300. The van der Waals surface area contributed by atoms with E-state index in [1.165, 1.54) is 0 Å². The topological polar surface area (TPSA) is 93.0 Å². The third kappa shape index (κ3) is 2.91. The SMILES string of the molecule is COCc1noc(CNC(=O)c2ccc[nH]2)n1. The van der Waals surface area contributed by atoms with Crippen molar-refractivity contribution in [3.8, 4) is 0 Å². The Morgan fingerprint density at radius 3 is 3.24 bits per heavy atom. The molecule has 90 valence electrons. The number of aromatic nitrogens is 3. The van der Waals surface area contributed by atoms with Gasteiger partial charge in [0.25, 0.3) is 5.91 Å². The van der Waals surface area contributed by atoms with Gasteiger partial charge in [0.05, 0.1) is 6.54 Å². The third-order valence-corrected chi connectivity index (χ3v) is 2.03. The van der Waals surface area contributed by atoms with E-state index in [0.717, 1.165) is 0 Å². The molecule has 0 atom stereocenters. The fourth-order valence-corrected chi connectivity index (χ4v) is 1.27. The fourth-order valence-electron chi connectivity index (χ4n) is 1.27. The minimum Gasteiger partial charge on any atom is -0.377 e. The molecule has 0 aliphatic heterocycles.